The third-order valence-corrected chi connectivity index (χ3v) is 4.20. The van der Waals surface area contributed by atoms with E-state index in [2.05, 4.69) is 9.97 Å². The van der Waals surface area contributed by atoms with Crippen molar-refractivity contribution in [3.8, 4) is 11.1 Å². The number of benzene rings is 2. The van der Waals surface area contributed by atoms with E-state index >= 15 is 0 Å². The molecule has 26 heavy (non-hydrogen) atoms. The minimum absolute atomic E-state index is 0.183. The molecule has 4 rings (SSSR count). The van der Waals surface area contributed by atoms with Crippen LogP contribution >= 0.6 is 0 Å². The molecule has 0 atom stereocenters. The summed E-state index contributed by atoms with van der Waals surface area (Å²) in [6.07, 6.45) is 4.42. The van der Waals surface area contributed by atoms with Gasteiger partial charge in [-0.05, 0) is 35.9 Å². The molecule has 128 valence electrons. The summed E-state index contributed by atoms with van der Waals surface area (Å²) in [6, 6.07) is 12.8. The maximum Gasteiger partial charge on any atom is 0.261 e. The minimum Gasteiger partial charge on any atom is -0.294 e. The SMILES string of the molecule is O=c1c2ccccc2ncn1Cc1c(F)cc(-c2cccnc2)cc1F. The Kier molecular flexibility index (Phi) is 4.01. The number of hydrogen-bond acceptors (Lipinski definition) is 3. The first kappa shape index (κ1) is 16.1. The molecule has 0 N–H and O–H groups in total. The fourth-order valence-corrected chi connectivity index (χ4v) is 2.84. The van der Waals surface area contributed by atoms with Gasteiger partial charge < -0.3 is 0 Å². The lowest BCUT2D eigenvalue weighted by Crippen LogP contribution is -2.22. The number of pyridine rings is 1. The van der Waals surface area contributed by atoms with Gasteiger partial charge in [-0.2, -0.15) is 0 Å². The molecule has 0 bridgehead atoms. The molecule has 0 aliphatic carbocycles. The Balaban J connectivity index is 1.76. The maximum absolute atomic E-state index is 14.5. The zero-order chi connectivity index (χ0) is 18.1. The minimum atomic E-state index is -0.719. The molecule has 0 saturated heterocycles. The van der Waals surface area contributed by atoms with Crippen LogP contribution in [0, 0.1) is 11.6 Å². The van der Waals surface area contributed by atoms with Crippen molar-refractivity contribution in [2.45, 2.75) is 6.54 Å². The molecular weight excluding hydrogens is 336 g/mol. The number of hydrogen-bond donors (Lipinski definition) is 0. The Hall–Kier alpha value is -3.41. The summed E-state index contributed by atoms with van der Waals surface area (Å²) in [7, 11) is 0. The molecule has 0 aliphatic heterocycles. The van der Waals surface area contributed by atoms with Crippen LogP contribution in [0.15, 0.2) is 72.0 Å². The van der Waals surface area contributed by atoms with E-state index < -0.39 is 11.6 Å². The van der Waals surface area contributed by atoms with Crippen LogP contribution in [0.3, 0.4) is 0 Å². The summed E-state index contributed by atoms with van der Waals surface area (Å²) in [6.45, 7) is -0.234. The number of rotatable bonds is 3. The number of nitrogens with zero attached hydrogens (tertiary/aromatic N) is 3. The van der Waals surface area contributed by atoms with Gasteiger partial charge in [-0.1, -0.05) is 18.2 Å². The van der Waals surface area contributed by atoms with Crippen molar-refractivity contribution in [2.75, 3.05) is 0 Å². The van der Waals surface area contributed by atoms with Gasteiger partial charge in [0.15, 0.2) is 0 Å². The highest BCUT2D eigenvalue weighted by atomic mass is 19.1. The number of fused-ring (bicyclic) bond motifs is 1. The van der Waals surface area contributed by atoms with Gasteiger partial charge in [-0.15, -0.1) is 0 Å². The second-order valence-electron chi connectivity index (χ2n) is 5.85. The van der Waals surface area contributed by atoms with Crippen molar-refractivity contribution < 1.29 is 8.78 Å². The topological polar surface area (TPSA) is 47.8 Å². The average Bonchev–Trinajstić information content (AvgIpc) is 2.67. The average molecular weight is 349 g/mol. The Morgan fingerprint density at radius 2 is 1.73 bits per heavy atom. The van der Waals surface area contributed by atoms with Crippen LogP contribution in [-0.2, 0) is 6.54 Å². The predicted molar refractivity (Wildman–Crippen MR) is 94.7 cm³/mol. The van der Waals surface area contributed by atoms with Crippen molar-refractivity contribution >= 4 is 10.9 Å². The molecule has 0 unspecified atom stereocenters. The largest absolute Gasteiger partial charge is 0.294 e. The summed E-state index contributed by atoms with van der Waals surface area (Å²) >= 11 is 0. The van der Waals surface area contributed by atoms with Crippen molar-refractivity contribution in [3.05, 3.63) is 94.8 Å². The summed E-state index contributed by atoms with van der Waals surface area (Å²) in [5.74, 6) is -1.44. The Morgan fingerprint density at radius 1 is 0.962 bits per heavy atom. The van der Waals surface area contributed by atoms with Crippen LogP contribution in [0.5, 0.6) is 0 Å². The number of para-hydroxylation sites is 1. The third-order valence-electron chi connectivity index (χ3n) is 4.20. The van der Waals surface area contributed by atoms with Gasteiger partial charge in [0, 0.05) is 23.5 Å². The molecule has 2 heterocycles. The summed E-state index contributed by atoms with van der Waals surface area (Å²) in [4.78, 5) is 20.6. The van der Waals surface area contributed by atoms with Gasteiger partial charge >= 0.3 is 0 Å². The highest BCUT2D eigenvalue weighted by Crippen LogP contribution is 2.24. The molecule has 2 aromatic heterocycles. The van der Waals surface area contributed by atoms with Crippen molar-refractivity contribution in [1.29, 1.82) is 0 Å². The Bertz CT molecular complexity index is 1130. The zero-order valence-corrected chi connectivity index (χ0v) is 13.6. The summed E-state index contributed by atoms with van der Waals surface area (Å²) < 4.78 is 30.3. The van der Waals surface area contributed by atoms with Crippen LogP contribution in [0.25, 0.3) is 22.0 Å². The number of halogens is 2. The highest BCUT2D eigenvalue weighted by molar-refractivity contribution is 5.76. The van der Waals surface area contributed by atoms with E-state index in [1.807, 2.05) is 0 Å². The lowest BCUT2D eigenvalue weighted by Gasteiger charge is -2.10. The van der Waals surface area contributed by atoms with E-state index in [0.29, 0.717) is 22.0 Å². The van der Waals surface area contributed by atoms with Crippen LogP contribution in [0.2, 0.25) is 0 Å². The molecule has 0 fully saturated rings. The van der Waals surface area contributed by atoms with Crippen LogP contribution in [0.1, 0.15) is 5.56 Å². The molecule has 0 spiro atoms. The monoisotopic (exact) mass is 349 g/mol. The van der Waals surface area contributed by atoms with Crippen LogP contribution < -0.4 is 5.56 Å². The molecule has 4 nitrogen and oxygen atoms in total. The molecular formula is C20H13F2N3O. The Morgan fingerprint density at radius 3 is 2.46 bits per heavy atom. The van der Waals surface area contributed by atoms with E-state index in [0.717, 1.165) is 0 Å². The van der Waals surface area contributed by atoms with Crippen molar-refractivity contribution in [2.24, 2.45) is 0 Å². The van der Waals surface area contributed by atoms with E-state index in [4.69, 9.17) is 0 Å². The fraction of sp³-hybridized carbons (Fsp3) is 0.0500. The summed E-state index contributed by atoms with van der Waals surface area (Å²) in [5.41, 5.74) is 1.02. The molecule has 0 radical (unpaired) electrons. The fourth-order valence-electron chi connectivity index (χ4n) is 2.84. The maximum atomic E-state index is 14.5. The number of aromatic nitrogens is 3. The highest BCUT2D eigenvalue weighted by Gasteiger charge is 2.14. The molecule has 0 amide bonds. The first-order valence-corrected chi connectivity index (χ1v) is 7.96. The van der Waals surface area contributed by atoms with Crippen molar-refractivity contribution in [1.82, 2.24) is 14.5 Å². The van der Waals surface area contributed by atoms with Gasteiger partial charge in [-0.3, -0.25) is 14.3 Å². The molecule has 6 heteroatoms. The van der Waals surface area contributed by atoms with E-state index in [1.165, 1.54) is 29.2 Å². The van der Waals surface area contributed by atoms with Crippen molar-refractivity contribution in [3.63, 3.8) is 0 Å². The second-order valence-corrected chi connectivity index (χ2v) is 5.85. The van der Waals surface area contributed by atoms with Gasteiger partial charge in [-0.25, -0.2) is 13.8 Å². The van der Waals surface area contributed by atoms with Crippen LogP contribution in [-0.4, -0.2) is 14.5 Å². The lowest BCUT2D eigenvalue weighted by molar-refractivity contribution is 0.541. The summed E-state index contributed by atoms with van der Waals surface area (Å²) in [5, 5.41) is 0.405. The molecule has 0 saturated carbocycles. The first-order valence-electron chi connectivity index (χ1n) is 7.96. The second kappa shape index (κ2) is 6.48. The standard InChI is InChI=1S/C20H13F2N3O/c21-17-8-14(13-4-3-7-23-10-13)9-18(22)16(17)11-25-12-24-19-6-2-1-5-15(19)20(25)26/h1-10,12H,11H2. The molecule has 4 aromatic rings. The van der Waals surface area contributed by atoms with E-state index in [9.17, 15) is 13.6 Å². The first-order chi connectivity index (χ1) is 12.6. The van der Waals surface area contributed by atoms with Gasteiger partial charge in [0.2, 0.25) is 0 Å². The molecule has 2 aromatic carbocycles. The lowest BCUT2D eigenvalue weighted by atomic mass is 10.0. The zero-order valence-electron chi connectivity index (χ0n) is 13.6. The Labute approximate surface area is 147 Å². The van der Waals surface area contributed by atoms with Crippen LogP contribution in [0.4, 0.5) is 8.78 Å². The van der Waals surface area contributed by atoms with Gasteiger partial charge in [0.1, 0.15) is 11.6 Å². The van der Waals surface area contributed by atoms with E-state index in [-0.39, 0.29) is 17.7 Å². The normalized spacial score (nSPS) is 11.0. The van der Waals surface area contributed by atoms with Gasteiger partial charge in [0.05, 0.1) is 23.8 Å². The van der Waals surface area contributed by atoms with Gasteiger partial charge in [0.25, 0.3) is 5.56 Å². The quantitative estimate of drug-likeness (QED) is 0.565. The molecule has 0 aliphatic rings. The van der Waals surface area contributed by atoms with E-state index in [1.54, 1.807) is 42.6 Å². The predicted octanol–water partition coefficient (Wildman–Crippen LogP) is 3.79. The third kappa shape index (κ3) is 2.86. The smallest absolute Gasteiger partial charge is 0.261 e.